The van der Waals surface area contributed by atoms with Crippen molar-refractivity contribution in [3.8, 4) is 16.9 Å². The summed E-state index contributed by atoms with van der Waals surface area (Å²) in [6.45, 7) is 0.579. The molecule has 2 amide bonds. The van der Waals surface area contributed by atoms with Crippen molar-refractivity contribution in [2.24, 2.45) is 5.73 Å². The topological polar surface area (TPSA) is 194 Å². The number of nitrogens with one attached hydrogen (secondary N) is 3. The maximum atomic E-state index is 12.8. The third-order valence-electron chi connectivity index (χ3n) is 9.61. The average Bonchev–Trinajstić information content (AvgIpc) is 3.14. The van der Waals surface area contributed by atoms with Gasteiger partial charge in [0.25, 0.3) is 0 Å². The standard InChI is InChI=1S/C40H44N6O6/c41-27-10-14-30(15-11-27)46(40(51)52)34-21-25(9-16-31(34)26-6-2-1-3-7-26)5-4-8-37(49)44-29-13-12-28(43-23-29)22-42-24-36(48)32-17-19-35(47)39-33(32)18-20-38(50)45-39/h1-3,6-7,9,12-13,16-21,23,27,30,36,42,47-48H,4-5,8,10-11,14-15,22,24,41H2,(H,44,49)(H,45,50)(H,51,52). The largest absolute Gasteiger partial charge is 0.506 e. The number of pyridine rings is 2. The second kappa shape index (κ2) is 16.6. The summed E-state index contributed by atoms with van der Waals surface area (Å²) >= 11 is 0. The summed E-state index contributed by atoms with van der Waals surface area (Å²) in [6.07, 6.45) is 4.16. The lowest BCUT2D eigenvalue weighted by molar-refractivity contribution is -0.116. The SMILES string of the molecule is NC1CCC(N(C(=O)O)c2cc(CCCC(=O)Nc3ccc(CNCC(O)c4ccc(O)c5[nH]c(=O)ccc45)nc3)ccc2-c2ccccc2)CC1. The smallest absolute Gasteiger partial charge is 0.412 e. The zero-order chi connectivity index (χ0) is 36.6. The number of H-pyrrole nitrogens is 1. The van der Waals surface area contributed by atoms with Crippen molar-refractivity contribution in [2.45, 2.75) is 69.7 Å². The van der Waals surface area contributed by atoms with E-state index in [2.05, 4.69) is 20.6 Å². The van der Waals surface area contributed by atoms with E-state index in [-0.39, 0.29) is 47.8 Å². The van der Waals surface area contributed by atoms with Gasteiger partial charge in [-0.15, -0.1) is 0 Å². The fraction of sp³-hybridized carbons (Fsp3) is 0.300. The molecule has 0 spiro atoms. The van der Waals surface area contributed by atoms with Crippen molar-refractivity contribution >= 4 is 34.3 Å². The Morgan fingerprint density at radius 1 is 0.981 bits per heavy atom. The lowest BCUT2D eigenvalue weighted by Gasteiger charge is -2.35. The van der Waals surface area contributed by atoms with Crippen molar-refractivity contribution in [1.82, 2.24) is 15.3 Å². The number of aliphatic hydroxyl groups is 1. The Hall–Kier alpha value is -5.56. The molecule has 0 aliphatic heterocycles. The molecule has 2 heterocycles. The van der Waals surface area contributed by atoms with Gasteiger partial charge in [-0.25, -0.2) is 4.79 Å². The molecule has 1 aliphatic carbocycles. The lowest BCUT2D eigenvalue weighted by Crippen LogP contribution is -2.44. The number of carbonyl (C=O) groups excluding carboxylic acids is 1. The van der Waals surface area contributed by atoms with Gasteiger partial charge in [0.2, 0.25) is 11.5 Å². The molecule has 1 fully saturated rings. The van der Waals surface area contributed by atoms with E-state index in [1.807, 2.05) is 48.5 Å². The molecule has 1 saturated carbocycles. The van der Waals surface area contributed by atoms with Crippen LogP contribution in [0.3, 0.4) is 0 Å². The first-order valence-electron chi connectivity index (χ1n) is 17.6. The normalized spacial score (nSPS) is 16.3. The van der Waals surface area contributed by atoms with Crippen LogP contribution in [0.25, 0.3) is 22.0 Å². The molecule has 0 radical (unpaired) electrons. The fourth-order valence-corrected chi connectivity index (χ4v) is 6.89. The summed E-state index contributed by atoms with van der Waals surface area (Å²) in [5.41, 5.74) is 11.3. The van der Waals surface area contributed by atoms with Crippen molar-refractivity contribution in [2.75, 3.05) is 16.8 Å². The van der Waals surface area contributed by atoms with E-state index >= 15 is 0 Å². The van der Waals surface area contributed by atoms with Crippen LogP contribution in [0.5, 0.6) is 5.75 Å². The zero-order valence-corrected chi connectivity index (χ0v) is 28.8. The number of phenols is 1. The van der Waals surface area contributed by atoms with Gasteiger partial charge in [0.15, 0.2) is 0 Å². The monoisotopic (exact) mass is 704 g/mol. The molecule has 5 aromatic rings. The average molecular weight is 705 g/mol. The number of hydrogen-bond donors (Lipinski definition) is 7. The van der Waals surface area contributed by atoms with Crippen LogP contribution in [-0.2, 0) is 17.8 Å². The molecule has 1 atom stereocenters. The Bertz CT molecular complexity index is 2060. The van der Waals surface area contributed by atoms with Gasteiger partial charge in [-0.1, -0.05) is 48.5 Å². The molecule has 0 bridgehead atoms. The van der Waals surface area contributed by atoms with E-state index in [4.69, 9.17) is 5.73 Å². The van der Waals surface area contributed by atoms with Crippen molar-refractivity contribution in [3.05, 3.63) is 118 Å². The zero-order valence-electron chi connectivity index (χ0n) is 28.8. The Balaban J connectivity index is 1.02. The molecule has 3 aromatic carbocycles. The summed E-state index contributed by atoms with van der Waals surface area (Å²) in [7, 11) is 0. The number of phenolic OH excluding ortho intramolecular Hbond substituents is 1. The van der Waals surface area contributed by atoms with Gasteiger partial charge in [-0.3, -0.25) is 19.5 Å². The van der Waals surface area contributed by atoms with Gasteiger partial charge in [0.05, 0.1) is 34.9 Å². The highest BCUT2D eigenvalue weighted by atomic mass is 16.4. The van der Waals surface area contributed by atoms with Crippen molar-refractivity contribution < 1.29 is 24.9 Å². The number of carboxylic acid groups (broad SMARTS) is 1. The highest BCUT2D eigenvalue weighted by Crippen LogP contribution is 2.36. The first-order valence-corrected chi connectivity index (χ1v) is 17.6. The highest BCUT2D eigenvalue weighted by molar-refractivity contribution is 5.94. The second-order valence-corrected chi connectivity index (χ2v) is 13.3. The third-order valence-corrected chi connectivity index (χ3v) is 9.61. The van der Waals surface area contributed by atoms with E-state index in [0.29, 0.717) is 60.2 Å². The Morgan fingerprint density at radius 2 is 1.77 bits per heavy atom. The van der Waals surface area contributed by atoms with Crippen LogP contribution in [0.4, 0.5) is 16.2 Å². The van der Waals surface area contributed by atoms with E-state index in [1.165, 1.54) is 17.0 Å². The summed E-state index contributed by atoms with van der Waals surface area (Å²) in [5, 5.41) is 37.9. The molecule has 1 aliphatic rings. The Labute approximate surface area is 301 Å². The van der Waals surface area contributed by atoms with Crippen LogP contribution in [-0.4, -0.2) is 55.9 Å². The Kier molecular flexibility index (Phi) is 11.6. The minimum atomic E-state index is -0.982. The number of fused-ring (bicyclic) bond motifs is 1. The predicted octanol–water partition coefficient (Wildman–Crippen LogP) is 5.83. The second-order valence-electron chi connectivity index (χ2n) is 13.3. The maximum absolute atomic E-state index is 12.8. The molecule has 270 valence electrons. The molecule has 8 N–H and O–H groups in total. The quantitative estimate of drug-likeness (QED) is 0.0789. The summed E-state index contributed by atoms with van der Waals surface area (Å²) in [4.78, 5) is 45.7. The summed E-state index contributed by atoms with van der Waals surface area (Å²) in [5.74, 6) is -0.217. The lowest BCUT2D eigenvalue weighted by atomic mass is 9.89. The molecular formula is C40H44N6O6. The van der Waals surface area contributed by atoms with Gasteiger partial charge in [0, 0.05) is 48.6 Å². The predicted molar refractivity (Wildman–Crippen MR) is 201 cm³/mol. The number of carbonyl (C=O) groups is 2. The number of aliphatic hydroxyl groups excluding tert-OH is 1. The van der Waals surface area contributed by atoms with Gasteiger partial charge >= 0.3 is 6.09 Å². The van der Waals surface area contributed by atoms with E-state index < -0.39 is 12.2 Å². The fourth-order valence-electron chi connectivity index (χ4n) is 6.89. The first kappa shape index (κ1) is 36.2. The third kappa shape index (κ3) is 8.83. The van der Waals surface area contributed by atoms with E-state index in [1.54, 1.807) is 30.5 Å². The van der Waals surface area contributed by atoms with Gasteiger partial charge < -0.3 is 36.7 Å². The molecule has 12 nitrogen and oxygen atoms in total. The van der Waals surface area contributed by atoms with Crippen molar-refractivity contribution in [1.29, 1.82) is 0 Å². The van der Waals surface area contributed by atoms with Crippen LogP contribution < -0.4 is 26.8 Å². The molecule has 2 aromatic heterocycles. The van der Waals surface area contributed by atoms with Gasteiger partial charge in [-0.05, 0) is 85.5 Å². The van der Waals surface area contributed by atoms with E-state index in [9.17, 15) is 29.7 Å². The van der Waals surface area contributed by atoms with Crippen LogP contribution in [0.2, 0.25) is 0 Å². The molecular weight excluding hydrogens is 660 g/mol. The van der Waals surface area contributed by atoms with Gasteiger partial charge in [0.1, 0.15) is 5.75 Å². The number of aromatic hydroxyl groups is 1. The number of hydrogen-bond acceptors (Lipinski definition) is 8. The molecule has 6 rings (SSSR count). The van der Waals surface area contributed by atoms with Crippen molar-refractivity contribution in [3.63, 3.8) is 0 Å². The number of aromatic nitrogens is 2. The minimum Gasteiger partial charge on any atom is -0.506 e. The number of nitrogens with two attached hydrogens (primary N) is 1. The minimum absolute atomic E-state index is 0.0685. The number of nitrogens with zero attached hydrogens (tertiary/aromatic N) is 2. The highest BCUT2D eigenvalue weighted by Gasteiger charge is 2.30. The number of anilines is 2. The maximum Gasteiger partial charge on any atom is 0.412 e. The Morgan fingerprint density at radius 3 is 2.50 bits per heavy atom. The number of benzene rings is 3. The molecule has 1 unspecified atom stereocenters. The number of rotatable bonds is 13. The molecule has 0 saturated heterocycles. The summed E-state index contributed by atoms with van der Waals surface area (Å²) in [6, 6.07) is 25.2. The van der Waals surface area contributed by atoms with Gasteiger partial charge in [-0.2, -0.15) is 0 Å². The van der Waals surface area contributed by atoms with Crippen LogP contribution in [0, 0.1) is 0 Å². The summed E-state index contributed by atoms with van der Waals surface area (Å²) < 4.78 is 0. The molecule has 12 heteroatoms. The number of amides is 2. The molecule has 52 heavy (non-hydrogen) atoms. The van der Waals surface area contributed by atoms with Crippen LogP contribution in [0.15, 0.2) is 95.9 Å². The van der Waals surface area contributed by atoms with Crippen LogP contribution in [0.1, 0.15) is 61.4 Å². The number of aryl methyl sites for hydroxylation is 1. The van der Waals surface area contributed by atoms with Crippen LogP contribution >= 0.6 is 0 Å². The van der Waals surface area contributed by atoms with E-state index in [0.717, 1.165) is 29.5 Å². The first-order chi connectivity index (χ1) is 25.2. The number of aromatic amines is 1.